The molecule has 4 aliphatic rings. The van der Waals surface area contributed by atoms with Gasteiger partial charge in [0.1, 0.15) is 0 Å². The van der Waals surface area contributed by atoms with Crippen molar-refractivity contribution >= 4 is 0 Å². The summed E-state index contributed by atoms with van der Waals surface area (Å²) in [7, 11) is 0. The average molecular weight is 321 g/mol. The molecule has 1 saturated heterocycles. The fraction of sp³-hybridized carbons (Fsp3) is 0.895. The maximum Gasteiger partial charge on any atom is 0.0770 e. The third-order valence-electron chi connectivity index (χ3n) is 8.15. The predicted octanol–water partition coefficient (Wildman–Crippen LogP) is 1.45. The minimum absolute atomic E-state index is 0.0290. The Bertz CT molecular complexity index is 535. The van der Waals surface area contributed by atoms with E-state index in [4.69, 9.17) is 0 Å². The Morgan fingerprint density at radius 3 is 2.70 bits per heavy atom. The Hall–Kier alpha value is -0.420. The van der Waals surface area contributed by atoms with Crippen LogP contribution < -0.4 is 5.32 Å². The van der Waals surface area contributed by atoms with E-state index in [1.807, 2.05) is 6.08 Å². The third kappa shape index (κ3) is 2.05. The van der Waals surface area contributed by atoms with Gasteiger partial charge in [0.05, 0.1) is 18.3 Å². The molecule has 0 aromatic rings. The van der Waals surface area contributed by atoms with Crippen LogP contribution in [0.5, 0.6) is 0 Å². The van der Waals surface area contributed by atoms with E-state index in [1.54, 1.807) is 0 Å². The van der Waals surface area contributed by atoms with Gasteiger partial charge in [-0.2, -0.15) is 0 Å². The minimum Gasteiger partial charge on any atom is -0.393 e. The van der Waals surface area contributed by atoms with Gasteiger partial charge in [-0.15, -0.1) is 0 Å². The number of aliphatic hydroxyl groups excluding tert-OH is 3. The topological polar surface area (TPSA) is 72.7 Å². The molecule has 23 heavy (non-hydrogen) atoms. The summed E-state index contributed by atoms with van der Waals surface area (Å²) in [6, 6.07) is 0.251. The first-order valence-corrected chi connectivity index (χ1v) is 9.26. The standard InChI is InChI=1S/C19H31NO3/c1-10-14(22)8-13-16-15(23)7-11-6-12(21)4-5-18(11,2)17(16)20-9-19(10,13)3/h7,10,12-17,20-23H,4-6,8-9H2,1-3H3/t10-,12-,13?,14+,15-,16?,17?,18-,19+/m0/s1. The Labute approximate surface area is 139 Å². The van der Waals surface area contributed by atoms with Crippen molar-refractivity contribution in [2.24, 2.45) is 28.6 Å². The number of hydrogen-bond acceptors (Lipinski definition) is 4. The van der Waals surface area contributed by atoms with Crippen molar-refractivity contribution in [3.63, 3.8) is 0 Å². The van der Waals surface area contributed by atoms with Crippen molar-refractivity contribution in [1.29, 1.82) is 0 Å². The smallest absolute Gasteiger partial charge is 0.0770 e. The van der Waals surface area contributed by atoms with Crippen LogP contribution in [0.25, 0.3) is 0 Å². The van der Waals surface area contributed by atoms with Crippen LogP contribution in [0.2, 0.25) is 0 Å². The molecule has 3 unspecified atom stereocenters. The highest BCUT2D eigenvalue weighted by Gasteiger charge is 2.61. The van der Waals surface area contributed by atoms with Crippen molar-refractivity contribution in [3.05, 3.63) is 11.6 Å². The van der Waals surface area contributed by atoms with Crippen molar-refractivity contribution in [2.45, 2.75) is 70.8 Å². The van der Waals surface area contributed by atoms with Gasteiger partial charge >= 0.3 is 0 Å². The lowest BCUT2D eigenvalue weighted by Gasteiger charge is -2.59. The molecule has 4 rings (SSSR count). The number of aliphatic hydroxyl groups is 3. The lowest BCUT2D eigenvalue weighted by molar-refractivity contribution is -0.0637. The second-order valence-corrected chi connectivity index (χ2v) is 9.14. The molecule has 4 nitrogen and oxygen atoms in total. The van der Waals surface area contributed by atoms with Gasteiger partial charge in [0.25, 0.3) is 0 Å². The molecule has 0 amide bonds. The van der Waals surface area contributed by atoms with Gasteiger partial charge in [-0.25, -0.2) is 0 Å². The highest BCUT2D eigenvalue weighted by molar-refractivity contribution is 5.30. The normalized spacial score (nSPS) is 58.9. The zero-order valence-electron chi connectivity index (χ0n) is 14.5. The molecule has 3 aliphatic carbocycles. The zero-order valence-corrected chi connectivity index (χ0v) is 14.5. The average Bonchev–Trinajstić information content (AvgIpc) is 2.73. The maximum absolute atomic E-state index is 10.9. The summed E-state index contributed by atoms with van der Waals surface area (Å²) in [6.07, 6.45) is 4.36. The fourth-order valence-corrected chi connectivity index (χ4v) is 6.33. The lowest BCUT2D eigenvalue weighted by Crippen LogP contribution is -2.66. The van der Waals surface area contributed by atoms with Crippen molar-refractivity contribution < 1.29 is 15.3 Å². The molecule has 1 heterocycles. The second-order valence-electron chi connectivity index (χ2n) is 9.14. The number of nitrogens with one attached hydrogen (secondary N) is 1. The van der Waals surface area contributed by atoms with E-state index in [2.05, 4.69) is 26.1 Å². The monoisotopic (exact) mass is 321 g/mol. The highest BCUT2D eigenvalue weighted by Crippen LogP contribution is 2.60. The van der Waals surface area contributed by atoms with Gasteiger partial charge in [0.15, 0.2) is 0 Å². The van der Waals surface area contributed by atoms with Gasteiger partial charge < -0.3 is 20.6 Å². The first-order valence-electron chi connectivity index (χ1n) is 9.26. The van der Waals surface area contributed by atoms with Crippen molar-refractivity contribution in [3.8, 4) is 0 Å². The first-order chi connectivity index (χ1) is 10.8. The van der Waals surface area contributed by atoms with E-state index in [0.717, 1.165) is 25.8 Å². The van der Waals surface area contributed by atoms with Crippen LogP contribution in [0.1, 0.15) is 46.5 Å². The van der Waals surface area contributed by atoms with E-state index in [1.165, 1.54) is 5.57 Å². The Kier molecular flexibility index (Phi) is 3.52. The molecule has 0 spiro atoms. The largest absolute Gasteiger partial charge is 0.393 e. The fourth-order valence-electron chi connectivity index (χ4n) is 6.33. The summed E-state index contributed by atoms with van der Waals surface area (Å²) >= 11 is 0. The quantitative estimate of drug-likeness (QED) is 0.510. The number of rotatable bonds is 0. The van der Waals surface area contributed by atoms with Crippen LogP contribution in [0.3, 0.4) is 0 Å². The molecule has 0 aromatic carbocycles. The van der Waals surface area contributed by atoms with Gasteiger partial charge in [0, 0.05) is 23.9 Å². The summed E-state index contributed by atoms with van der Waals surface area (Å²) in [5.41, 5.74) is 1.31. The van der Waals surface area contributed by atoms with E-state index in [0.29, 0.717) is 12.3 Å². The van der Waals surface area contributed by atoms with Crippen LogP contribution in [-0.2, 0) is 0 Å². The molecule has 2 saturated carbocycles. The summed E-state index contributed by atoms with van der Waals surface area (Å²) in [6.45, 7) is 7.65. The molecular weight excluding hydrogens is 290 g/mol. The molecule has 9 atom stereocenters. The van der Waals surface area contributed by atoms with Gasteiger partial charge in [-0.1, -0.05) is 32.4 Å². The number of hydrogen-bond donors (Lipinski definition) is 4. The molecule has 1 aliphatic heterocycles. The summed E-state index contributed by atoms with van der Waals surface area (Å²) in [4.78, 5) is 0. The predicted molar refractivity (Wildman–Crippen MR) is 88.7 cm³/mol. The molecule has 4 heteroatoms. The van der Waals surface area contributed by atoms with Crippen molar-refractivity contribution in [1.82, 2.24) is 5.32 Å². The molecule has 3 fully saturated rings. The SMILES string of the molecule is C[C@H]1[C@H](O)CC2C3C(NC[C@@]21C)[C@@]1(C)CC[C@H](O)CC1=C[C@@H]3O. The molecule has 0 radical (unpaired) electrons. The first kappa shape index (κ1) is 16.1. The van der Waals surface area contributed by atoms with Gasteiger partial charge in [-0.05, 0) is 42.9 Å². The molecule has 4 N–H and O–H groups in total. The summed E-state index contributed by atoms with van der Waals surface area (Å²) < 4.78 is 0. The molecule has 130 valence electrons. The zero-order chi connectivity index (χ0) is 16.6. The van der Waals surface area contributed by atoms with E-state index >= 15 is 0 Å². The summed E-state index contributed by atoms with van der Waals surface area (Å²) in [5.74, 6) is 0.784. The van der Waals surface area contributed by atoms with Crippen LogP contribution in [0, 0.1) is 28.6 Å². The van der Waals surface area contributed by atoms with E-state index in [-0.39, 0.29) is 40.9 Å². The molecular formula is C19H31NO3. The van der Waals surface area contributed by atoms with Crippen LogP contribution in [0.4, 0.5) is 0 Å². The molecule has 0 aromatic heterocycles. The van der Waals surface area contributed by atoms with Gasteiger partial charge in [0.2, 0.25) is 0 Å². The van der Waals surface area contributed by atoms with Gasteiger partial charge in [-0.3, -0.25) is 0 Å². The maximum atomic E-state index is 10.9. The minimum atomic E-state index is -0.469. The number of piperidine rings is 1. The van der Waals surface area contributed by atoms with Crippen LogP contribution in [0.15, 0.2) is 11.6 Å². The van der Waals surface area contributed by atoms with Crippen LogP contribution >= 0.6 is 0 Å². The Balaban J connectivity index is 1.73. The number of fused-ring (bicyclic) bond motifs is 5. The van der Waals surface area contributed by atoms with Crippen LogP contribution in [-0.4, -0.2) is 46.2 Å². The Morgan fingerprint density at radius 1 is 1.22 bits per heavy atom. The lowest BCUT2D eigenvalue weighted by atomic mass is 9.52. The second kappa shape index (κ2) is 5.04. The molecule has 0 bridgehead atoms. The third-order valence-corrected chi connectivity index (χ3v) is 8.15. The summed E-state index contributed by atoms with van der Waals surface area (Å²) in [5, 5.41) is 35.1. The Morgan fingerprint density at radius 2 is 1.96 bits per heavy atom. The van der Waals surface area contributed by atoms with E-state index < -0.39 is 6.10 Å². The van der Waals surface area contributed by atoms with E-state index in [9.17, 15) is 15.3 Å². The highest BCUT2D eigenvalue weighted by atomic mass is 16.3. The van der Waals surface area contributed by atoms with Crippen molar-refractivity contribution in [2.75, 3.05) is 6.54 Å².